The van der Waals surface area contributed by atoms with E-state index in [0.29, 0.717) is 6.54 Å². The van der Waals surface area contributed by atoms with Gasteiger partial charge in [0.05, 0.1) is 18.3 Å². The van der Waals surface area contributed by atoms with Gasteiger partial charge in [-0.2, -0.15) is 0 Å². The summed E-state index contributed by atoms with van der Waals surface area (Å²) in [5.41, 5.74) is 3.21. The Bertz CT molecular complexity index is 527. The van der Waals surface area contributed by atoms with E-state index >= 15 is 0 Å². The second-order valence-corrected chi connectivity index (χ2v) is 4.69. The third kappa shape index (κ3) is 1.89. The van der Waals surface area contributed by atoms with Crippen LogP contribution in [0.3, 0.4) is 0 Å². The molecule has 4 nitrogen and oxygen atoms in total. The third-order valence-electron chi connectivity index (χ3n) is 3.37. The standard InChI is InChI=1S/C13H16N2O2/c1-9-7-10(17-14-9)8-15-6-5-11-12(15)3-2-4-13(11)16/h5-7,13,16H,2-4,8H2,1H3. The highest BCUT2D eigenvalue weighted by atomic mass is 16.5. The Morgan fingerprint density at radius 2 is 2.47 bits per heavy atom. The summed E-state index contributed by atoms with van der Waals surface area (Å²) in [4.78, 5) is 0. The summed E-state index contributed by atoms with van der Waals surface area (Å²) in [7, 11) is 0. The number of aliphatic hydroxyl groups is 1. The molecule has 0 fully saturated rings. The van der Waals surface area contributed by atoms with Gasteiger partial charge in [0.15, 0.2) is 5.76 Å². The Morgan fingerprint density at radius 1 is 1.59 bits per heavy atom. The zero-order valence-corrected chi connectivity index (χ0v) is 9.89. The van der Waals surface area contributed by atoms with Gasteiger partial charge in [0.1, 0.15) is 0 Å². The highest BCUT2D eigenvalue weighted by molar-refractivity contribution is 5.28. The number of nitrogens with zero attached hydrogens (tertiary/aromatic N) is 2. The quantitative estimate of drug-likeness (QED) is 0.863. The molecule has 0 radical (unpaired) electrons. The minimum Gasteiger partial charge on any atom is -0.388 e. The molecule has 0 bridgehead atoms. The molecule has 1 aliphatic rings. The summed E-state index contributed by atoms with van der Waals surface area (Å²) in [6.45, 7) is 2.62. The minimum absolute atomic E-state index is 0.295. The molecule has 0 saturated carbocycles. The van der Waals surface area contributed by atoms with Crippen molar-refractivity contribution in [1.82, 2.24) is 9.72 Å². The largest absolute Gasteiger partial charge is 0.388 e. The molecule has 17 heavy (non-hydrogen) atoms. The maximum Gasteiger partial charge on any atom is 0.156 e. The maximum atomic E-state index is 9.90. The van der Waals surface area contributed by atoms with Crippen LogP contribution < -0.4 is 0 Å². The van der Waals surface area contributed by atoms with Crippen LogP contribution in [0, 0.1) is 6.92 Å². The van der Waals surface area contributed by atoms with Crippen LogP contribution in [-0.2, 0) is 13.0 Å². The van der Waals surface area contributed by atoms with E-state index < -0.39 is 0 Å². The fourth-order valence-electron chi connectivity index (χ4n) is 2.54. The van der Waals surface area contributed by atoms with Crippen molar-refractivity contribution in [3.8, 4) is 0 Å². The summed E-state index contributed by atoms with van der Waals surface area (Å²) in [5.74, 6) is 0.862. The van der Waals surface area contributed by atoms with Crippen molar-refractivity contribution in [2.75, 3.05) is 0 Å². The summed E-state index contributed by atoms with van der Waals surface area (Å²) >= 11 is 0. The zero-order chi connectivity index (χ0) is 11.8. The monoisotopic (exact) mass is 232 g/mol. The molecule has 3 rings (SSSR count). The first-order chi connectivity index (χ1) is 8.24. The zero-order valence-electron chi connectivity index (χ0n) is 9.89. The van der Waals surface area contributed by atoms with Gasteiger partial charge in [-0.3, -0.25) is 0 Å². The van der Waals surface area contributed by atoms with Crippen LogP contribution in [0.4, 0.5) is 0 Å². The summed E-state index contributed by atoms with van der Waals surface area (Å²) < 4.78 is 7.37. The second kappa shape index (κ2) is 4.04. The fourth-order valence-corrected chi connectivity index (χ4v) is 2.54. The highest BCUT2D eigenvalue weighted by Gasteiger charge is 2.21. The fraction of sp³-hybridized carbons (Fsp3) is 0.462. The number of aryl methyl sites for hydroxylation is 1. The molecule has 1 atom stereocenters. The van der Waals surface area contributed by atoms with E-state index in [4.69, 9.17) is 4.52 Å². The first-order valence-electron chi connectivity index (χ1n) is 6.02. The molecule has 0 saturated heterocycles. The van der Waals surface area contributed by atoms with E-state index in [0.717, 1.165) is 36.3 Å². The summed E-state index contributed by atoms with van der Waals surface area (Å²) in [5, 5.41) is 13.8. The molecule has 2 aromatic rings. The van der Waals surface area contributed by atoms with Crippen LogP contribution in [0.25, 0.3) is 0 Å². The molecule has 0 spiro atoms. The number of fused-ring (bicyclic) bond motifs is 1. The average Bonchev–Trinajstić information content (AvgIpc) is 2.88. The van der Waals surface area contributed by atoms with Gasteiger partial charge in [-0.15, -0.1) is 0 Å². The van der Waals surface area contributed by atoms with Crippen LogP contribution in [-0.4, -0.2) is 14.8 Å². The van der Waals surface area contributed by atoms with E-state index in [2.05, 4.69) is 9.72 Å². The Kier molecular flexibility index (Phi) is 2.52. The normalized spacial score (nSPS) is 19.3. The number of hydrogen-bond acceptors (Lipinski definition) is 3. The Balaban J connectivity index is 1.89. The number of aromatic nitrogens is 2. The van der Waals surface area contributed by atoms with Gasteiger partial charge in [0.2, 0.25) is 0 Å². The second-order valence-electron chi connectivity index (χ2n) is 4.69. The lowest BCUT2D eigenvalue weighted by molar-refractivity contribution is 0.155. The van der Waals surface area contributed by atoms with Crippen LogP contribution >= 0.6 is 0 Å². The lowest BCUT2D eigenvalue weighted by Crippen LogP contribution is -2.12. The van der Waals surface area contributed by atoms with Crippen molar-refractivity contribution in [3.63, 3.8) is 0 Å². The lowest BCUT2D eigenvalue weighted by Gasteiger charge is -2.19. The van der Waals surface area contributed by atoms with Crippen molar-refractivity contribution in [3.05, 3.63) is 41.0 Å². The van der Waals surface area contributed by atoms with E-state index in [9.17, 15) is 5.11 Å². The van der Waals surface area contributed by atoms with Crippen molar-refractivity contribution >= 4 is 0 Å². The van der Waals surface area contributed by atoms with Gasteiger partial charge < -0.3 is 14.2 Å². The van der Waals surface area contributed by atoms with E-state index in [1.807, 2.05) is 25.3 Å². The predicted octanol–water partition coefficient (Wildman–Crippen LogP) is 2.20. The topological polar surface area (TPSA) is 51.2 Å². The number of rotatable bonds is 2. The molecule has 1 aliphatic carbocycles. The first kappa shape index (κ1) is 10.6. The Hall–Kier alpha value is -1.55. The molecule has 1 unspecified atom stereocenters. The van der Waals surface area contributed by atoms with Crippen molar-refractivity contribution < 1.29 is 9.63 Å². The molecular weight excluding hydrogens is 216 g/mol. The SMILES string of the molecule is Cc1cc(Cn2ccc3c2CCCC3O)on1. The lowest BCUT2D eigenvalue weighted by atomic mass is 9.95. The average molecular weight is 232 g/mol. The van der Waals surface area contributed by atoms with Crippen LogP contribution in [0.2, 0.25) is 0 Å². The molecule has 90 valence electrons. The van der Waals surface area contributed by atoms with Crippen molar-refractivity contribution in [2.45, 2.75) is 38.8 Å². The van der Waals surface area contributed by atoms with Gasteiger partial charge in [0, 0.05) is 23.5 Å². The first-order valence-corrected chi connectivity index (χ1v) is 6.02. The Labute approximate surface area is 99.9 Å². The minimum atomic E-state index is -0.295. The van der Waals surface area contributed by atoms with E-state index in [1.165, 1.54) is 5.69 Å². The van der Waals surface area contributed by atoms with Crippen molar-refractivity contribution in [2.24, 2.45) is 0 Å². The molecule has 0 aromatic carbocycles. The predicted molar refractivity (Wildman–Crippen MR) is 62.7 cm³/mol. The van der Waals surface area contributed by atoms with E-state index in [-0.39, 0.29) is 6.10 Å². The smallest absolute Gasteiger partial charge is 0.156 e. The van der Waals surface area contributed by atoms with Crippen LogP contribution in [0.15, 0.2) is 22.9 Å². The van der Waals surface area contributed by atoms with Gasteiger partial charge >= 0.3 is 0 Å². The van der Waals surface area contributed by atoms with Gasteiger partial charge in [-0.25, -0.2) is 0 Å². The molecular formula is C13H16N2O2. The summed E-state index contributed by atoms with van der Waals surface area (Å²) in [6, 6.07) is 3.97. The number of aliphatic hydroxyl groups excluding tert-OH is 1. The van der Waals surface area contributed by atoms with Gasteiger partial charge in [-0.1, -0.05) is 5.16 Å². The number of hydrogen-bond donors (Lipinski definition) is 1. The molecule has 1 N–H and O–H groups in total. The third-order valence-corrected chi connectivity index (χ3v) is 3.37. The molecule has 2 heterocycles. The van der Waals surface area contributed by atoms with Gasteiger partial charge in [0.25, 0.3) is 0 Å². The van der Waals surface area contributed by atoms with E-state index in [1.54, 1.807) is 0 Å². The van der Waals surface area contributed by atoms with Crippen LogP contribution in [0.5, 0.6) is 0 Å². The summed E-state index contributed by atoms with van der Waals surface area (Å²) in [6.07, 6.45) is 4.69. The Morgan fingerprint density at radius 3 is 3.24 bits per heavy atom. The van der Waals surface area contributed by atoms with Gasteiger partial charge in [-0.05, 0) is 32.3 Å². The van der Waals surface area contributed by atoms with Crippen LogP contribution in [0.1, 0.15) is 41.7 Å². The molecule has 0 aliphatic heterocycles. The maximum absolute atomic E-state index is 9.90. The molecule has 0 amide bonds. The highest BCUT2D eigenvalue weighted by Crippen LogP contribution is 2.30. The molecule has 4 heteroatoms. The molecule has 2 aromatic heterocycles. The van der Waals surface area contributed by atoms with Crippen molar-refractivity contribution in [1.29, 1.82) is 0 Å².